The Morgan fingerprint density at radius 2 is 2.13 bits per heavy atom. The first-order valence-corrected chi connectivity index (χ1v) is 7.91. The lowest BCUT2D eigenvalue weighted by molar-refractivity contribution is -0.116. The van der Waals surface area contributed by atoms with E-state index < -0.39 is 0 Å². The number of anilines is 1. The summed E-state index contributed by atoms with van der Waals surface area (Å²) in [6, 6.07) is 12.5. The predicted octanol–water partition coefficient (Wildman–Crippen LogP) is 4.09. The molecule has 0 aliphatic rings. The monoisotopic (exact) mass is 307 g/mol. The molecule has 2 aromatic carbocycles. The molecule has 0 saturated carbocycles. The number of carbonyl (C=O) groups is 1. The first-order chi connectivity index (χ1) is 11.1. The molecular weight excluding hydrogens is 286 g/mol. The van der Waals surface area contributed by atoms with Crippen LogP contribution in [0, 0.1) is 0 Å². The molecule has 1 amide bonds. The molecule has 0 spiro atoms. The number of carbonyl (C=O) groups excluding carboxylic acids is 1. The summed E-state index contributed by atoms with van der Waals surface area (Å²) in [7, 11) is 0. The average molecular weight is 307 g/mol. The van der Waals surface area contributed by atoms with Crippen LogP contribution < -0.4 is 4.90 Å². The van der Waals surface area contributed by atoms with Gasteiger partial charge in [-0.05, 0) is 35.4 Å². The number of fused-ring (bicyclic) bond motifs is 1. The zero-order valence-corrected chi connectivity index (χ0v) is 13.7. The maximum absolute atomic E-state index is 11.8. The quantitative estimate of drug-likeness (QED) is 0.789. The molecule has 3 aromatic rings. The van der Waals surface area contributed by atoms with Crippen molar-refractivity contribution < 1.29 is 4.79 Å². The average Bonchev–Trinajstić information content (AvgIpc) is 3.08. The van der Waals surface area contributed by atoms with E-state index >= 15 is 0 Å². The minimum atomic E-state index is 0.0611. The molecule has 1 heterocycles. The van der Waals surface area contributed by atoms with Gasteiger partial charge in [0.25, 0.3) is 0 Å². The summed E-state index contributed by atoms with van der Waals surface area (Å²) in [5.41, 5.74) is 3.26. The van der Waals surface area contributed by atoms with Crippen LogP contribution in [0.2, 0.25) is 0 Å². The van der Waals surface area contributed by atoms with Crippen LogP contribution in [-0.2, 0) is 4.79 Å². The van der Waals surface area contributed by atoms with Crippen molar-refractivity contribution >= 4 is 22.4 Å². The van der Waals surface area contributed by atoms with E-state index in [-0.39, 0.29) is 11.8 Å². The number of hydrogen-bond donors (Lipinski definition) is 1. The minimum Gasteiger partial charge on any atom is -0.348 e. The number of nitrogens with one attached hydrogen (secondary N) is 1. The van der Waals surface area contributed by atoms with Gasteiger partial charge in [0, 0.05) is 37.0 Å². The Hall–Kier alpha value is -2.62. The number of rotatable bonds is 4. The van der Waals surface area contributed by atoms with Gasteiger partial charge >= 0.3 is 0 Å². The highest BCUT2D eigenvalue weighted by atomic mass is 16.2. The number of H-pyrrole nitrogens is 1. The van der Waals surface area contributed by atoms with Crippen LogP contribution in [0.15, 0.2) is 48.9 Å². The van der Waals surface area contributed by atoms with Crippen LogP contribution in [0.4, 0.5) is 5.69 Å². The number of nitrogens with zero attached hydrogens (tertiary/aromatic N) is 2. The molecule has 118 valence electrons. The van der Waals surface area contributed by atoms with Gasteiger partial charge in [0.2, 0.25) is 5.91 Å². The van der Waals surface area contributed by atoms with E-state index in [1.807, 2.05) is 19.2 Å². The Kier molecular flexibility index (Phi) is 4.15. The second-order valence-electron chi connectivity index (χ2n) is 5.74. The fourth-order valence-electron chi connectivity index (χ4n) is 3.09. The van der Waals surface area contributed by atoms with Crippen molar-refractivity contribution in [2.75, 3.05) is 11.4 Å². The second-order valence-corrected chi connectivity index (χ2v) is 5.74. The lowest BCUT2D eigenvalue weighted by Crippen LogP contribution is -2.27. The fraction of sp³-hybridized carbons (Fsp3) is 0.263. The maximum atomic E-state index is 11.8. The first kappa shape index (κ1) is 15.3. The van der Waals surface area contributed by atoms with Crippen molar-refractivity contribution in [3.05, 3.63) is 60.2 Å². The summed E-state index contributed by atoms with van der Waals surface area (Å²) in [6.45, 7) is 6.42. The van der Waals surface area contributed by atoms with Gasteiger partial charge in [0.15, 0.2) is 0 Å². The molecule has 0 radical (unpaired) electrons. The summed E-state index contributed by atoms with van der Waals surface area (Å²) >= 11 is 0. The van der Waals surface area contributed by atoms with Gasteiger partial charge in [-0.3, -0.25) is 4.79 Å². The highest BCUT2D eigenvalue weighted by molar-refractivity contribution is 5.96. The summed E-state index contributed by atoms with van der Waals surface area (Å²) in [4.78, 5) is 20.9. The second kappa shape index (κ2) is 6.24. The van der Waals surface area contributed by atoms with Crippen LogP contribution in [0.1, 0.15) is 37.9 Å². The van der Waals surface area contributed by atoms with Gasteiger partial charge < -0.3 is 9.88 Å². The van der Waals surface area contributed by atoms with Gasteiger partial charge in [0.05, 0.1) is 6.33 Å². The normalized spacial score (nSPS) is 12.3. The Morgan fingerprint density at radius 3 is 2.78 bits per heavy atom. The smallest absolute Gasteiger partial charge is 0.223 e. The molecule has 1 atom stereocenters. The van der Waals surface area contributed by atoms with E-state index in [4.69, 9.17) is 0 Å². The van der Waals surface area contributed by atoms with Gasteiger partial charge in [-0.15, -0.1) is 0 Å². The Balaban J connectivity index is 2.13. The Morgan fingerprint density at radius 1 is 1.30 bits per heavy atom. The van der Waals surface area contributed by atoms with Crippen LogP contribution in [-0.4, -0.2) is 22.4 Å². The largest absolute Gasteiger partial charge is 0.348 e. The van der Waals surface area contributed by atoms with Crippen molar-refractivity contribution in [3.8, 4) is 0 Å². The molecule has 0 aliphatic carbocycles. The molecule has 0 fully saturated rings. The summed E-state index contributed by atoms with van der Waals surface area (Å²) in [5.74, 6) is 0.273. The number of benzene rings is 2. The number of aromatic nitrogens is 2. The molecule has 0 saturated heterocycles. The summed E-state index contributed by atoms with van der Waals surface area (Å²) in [5, 5.41) is 2.35. The van der Waals surface area contributed by atoms with Crippen LogP contribution in [0.25, 0.3) is 10.8 Å². The van der Waals surface area contributed by atoms with Crippen LogP contribution in [0.3, 0.4) is 0 Å². The standard InChI is InChI=1S/C19H21N3O/c1-4-22(14(3)23)16-9-8-15-6-5-7-17(18(15)10-16)13(2)19-11-20-12-21-19/h5-13H,4H2,1-3H3,(H,20,21). The third-order valence-electron chi connectivity index (χ3n) is 4.36. The number of amides is 1. The Bertz CT molecular complexity index is 824. The minimum absolute atomic E-state index is 0.0611. The van der Waals surface area contributed by atoms with E-state index in [0.717, 1.165) is 11.4 Å². The number of hydrogen-bond acceptors (Lipinski definition) is 2. The van der Waals surface area contributed by atoms with Crippen LogP contribution >= 0.6 is 0 Å². The van der Waals surface area contributed by atoms with Gasteiger partial charge in [-0.25, -0.2) is 4.98 Å². The van der Waals surface area contributed by atoms with Crippen molar-refractivity contribution in [2.24, 2.45) is 0 Å². The van der Waals surface area contributed by atoms with Gasteiger partial charge in [0.1, 0.15) is 0 Å². The summed E-state index contributed by atoms with van der Waals surface area (Å²) < 4.78 is 0. The maximum Gasteiger partial charge on any atom is 0.223 e. The lowest BCUT2D eigenvalue weighted by Gasteiger charge is -2.21. The van der Waals surface area contributed by atoms with Crippen LogP contribution in [0.5, 0.6) is 0 Å². The molecule has 23 heavy (non-hydrogen) atoms. The first-order valence-electron chi connectivity index (χ1n) is 7.91. The SMILES string of the molecule is CCN(C(C)=O)c1ccc2cccc(C(C)c3cnc[nH]3)c2c1. The third-order valence-corrected chi connectivity index (χ3v) is 4.36. The topological polar surface area (TPSA) is 49.0 Å². The molecule has 1 aromatic heterocycles. The number of aromatic amines is 1. The molecule has 1 N–H and O–H groups in total. The molecule has 1 unspecified atom stereocenters. The highest BCUT2D eigenvalue weighted by Gasteiger charge is 2.15. The van der Waals surface area contributed by atoms with Gasteiger partial charge in [-0.2, -0.15) is 0 Å². The molecule has 0 aliphatic heterocycles. The van der Waals surface area contributed by atoms with E-state index in [2.05, 4.69) is 47.2 Å². The molecule has 4 heteroatoms. The van der Waals surface area contributed by atoms with Crippen molar-refractivity contribution in [3.63, 3.8) is 0 Å². The zero-order chi connectivity index (χ0) is 16.4. The molecule has 3 rings (SSSR count). The molecule has 4 nitrogen and oxygen atoms in total. The third kappa shape index (κ3) is 2.84. The predicted molar refractivity (Wildman–Crippen MR) is 93.8 cm³/mol. The fourth-order valence-corrected chi connectivity index (χ4v) is 3.09. The Labute approximate surface area is 136 Å². The van der Waals surface area contributed by atoms with Crippen molar-refractivity contribution in [1.29, 1.82) is 0 Å². The molecule has 0 bridgehead atoms. The van der Waals surface area contributed by atoms with Gasteiger partial charge in [-0.1, -0.05) is 31.2 Å². The van der Waals surface area contributed by atoms with E-state index in [1.165, 1.54) is 16.3 Å². The van der Waals surface area contributed by atoms with E-state index in [0.29, 0.717) is 6.54 Å². The van der Waals surface area contributed by atoms with Crippen molar-refractivity contribution in [2.45, 2.75) is 26.7 Å². The number of imidazole rings is 1. The summed E-state index contributed by atoms with van der Waals surface area (Å²) in [6.07, 6.45) is 3.57. The zero-order valence-electron chi connectivity index (χ0n) is 13.7. The van der Waals surface area contributed by atoms with E-state index in [1.54, 1.807) is 18.2 Å². The molecular formula is C19H21N3O. The highest BCUT2D eigenvalue weighted by Crippen LogP contribution is 2.32. The van der Waals surface area contributed by atoms with E-state index in [9.17, 15) is 4.79 Å². The lowest BCUT2D eigenvalue weighted by atomic mass is 9.92. The van der Waals surface area contributed by atoms with Crippen molar-refractivity contribution in [1.82, 2.24) is 9.97 Å².